The van der Waals surface area contributed by atoms with Crippen molar-refractivity contribution in [2.75, 3.05) is 6.54 Å². The van der Waals surface area contributed by atoms with Gasteiger partial charge in [0, 0.05) is 19.1 Å². The highest BCUT2D eigenvalue weighted by Gasteiger charge is 2.37. The molecule has 27 heavy (non-hydrogen) atoms. The lowest BCUT2D eigenvalue weighted by molar-refractivity contribution is -0.140. The molecule has 1 heterocycles. The van der Waals surface area contributed by atoms with Gasteiger partial charge in [-0.25, -0.2) is 4.39 Å². The van der Waals surface area contributed by atoms with E-state index in [2.05, 4.69) is 19.2 Å². The second-order valence-electron chi connectivity index (χ2n) is 8.22. The molecule has 0 saturated carbocycles. The summed E-state index contributed by atoms with van der Waals surface area (Å²) in [6, 6.07) is 2.63. The molecule has 1 amide bonds. The number of carbonyl (C=O) groups is 1. The van der Waals surface area contributed by atoms with Crippen LogP contribution in [0.4, 0.5) is 17.6 Å². The van der Waals surface area contributed by atoms with Crippen LogP contribution in [0.15, 0.2) is 18.2 Å². The lowest BCUT2D eigenvalue weighted by Gasteiger charge is -2.40. The number of amides is 1. The molecule has 1 aromatic carbocycles. The van der Waals surface area contributed by atoms with E-state index < -0.39 is 23.6 Å². The Balaban J connectivity index is 2.26. The van der Waals surface area contributed by atoms with Crippen molar-refractivity contribution in [1.29, 1.82) is 0 Å². The molecule has 1 saturated heterocycles. The van der Waals surface area contributed by atoms with E-state index in [1.54, 1.807) is 0 Å². The van der Waals surface area contributed by atoms with Gasteiger partial charge in [0.25, 0.3) is 0 Å². The van der Waals surface area contributed by atoms with Gasteiger partial charge in [-0.15, -0.1) is 0 Å². The third-order valence-electron chi connectivity index (χ3n) is 4.72. The molecule has 0 aliphatic carbocycles. The number of rotatable bonds is 6. The van der Waals surface area contributed by atoms with Crippen LogP contribution in [0.3, 0.4) is 0 Å². The summed E-state index contributed by atoms with van der Waals surface area (Å²) in [5.41, 5.74) is -0.906. The van der Waals surface area contributed by atoms with Gasteiger partial charge < -0.3 is 5.32 Å². The van der Waals surface area contributed by atoms with Crippen LogP contribution in [-0.4, -0.2) is 29.4 Å². The lowest BCUT2D eigenvalue weighted by Crippen LogP contribution is -2.60. The molecule has 1 N–H and O–H groups in total. The van der Waals surface area contributed by atoms with Crippen molar-refractivity contribution in [2.45, 2.75) is 65.3 Å². The number of nitrogens with one attached hydrogen (secondary N) is 1. The summed E-state index contributed by atoms with van der Waals surface area (Å²) in [6.07, 6.45) is -3.32. The van der Waals surface area contributed by atoms with Crippen LogP contribution in [0, 0.1) is 17.7 Å². The van der Waals surface area contributed by atoms with Crippen molar-refractivity contribution in [3.8, 4) is 0 Å². The van der Waals surface area contributed by atoms with Gasteiger partial charge in [-0.1, -0.05) is 33.8 Å². The topological polar surface area (TPSA) is 32.3 Å². The number of piperazine rings is 1. The number of benzene rings is 1. The fourth-order valence-corrected chi connectivity index (χ4v) is 3.62. The Morgan fingerprint density at radius 3 is 2.33 bits per heavy atom. The standard InChI is InChI=1S/C20H28F4N2O/c1-12(2)7-15-11-26(18(8-13(3)4)19(27)25-15)10-14-5-6-17(21)16(9-14)20(22,23)24/h5-6,9,12-13,15,18H,7-8,10-11H2,1-4H3,(H,25,27)/t15-,18-/m0/s1. The van der Waals surface area contributed by atoms with Gasteiger partial charge in [-0.2, -0.15) is 13.2 Å². The number of hydrogen-bond donors (Lipinski definition) is 1. The molecule has 0 radical (unpaired) electrons. The molecule has 2 atom stereocenters. The zero-order valence-corrected chi connectivity index (χ0v) is 16.2. The molecule has 3 nitrogen and oxygen atoms in total. The van der Waals surface area contributed by atoms with Crippen LogP contribution in [0.1, 0.15) is 51.7 Å². The maximum atomic E-state index is 13.6. The van der Waals surface area contributed by atoms with Gasteiger partial charge in [0.05, 0.1) is 11.6 Å². The van der Waals surface area contributed by atoms with Gasteiger partial charge >= 0.3 is 6.18 Å². The molecule has 1 aromatic rings. The molecule has 7 heteroatoms. The summed E-state index contributed by atoms with van der Waals surface area (Å²) in [7, 11) is 0. The van der Waals surface area contributed by atoms with Gasteiger partial charge in [0.2, 0.25) is 5.91 Å². The second kappa shape index (κ2) is 8.59. The highest BCUT2D eigenvalue weighted by molar-refractivity contribution is 5.82. The monoisotopic (exact) mass is 388 g/mol. The molecule has 1 aliphatic heterocycles. The maximum Gasteiger partial charge on any atom is 0.419 e. The van der Waals surface area contributed by atoms with E-state index >= 15 is 0 Å². The summed E-state index contributed by atoms with van der Waals surface area (Å²) >= 11 is 0. The Morgan fingerprint density at radius 1 is 1.15 bits per heavy atom. The number of carbonyl (C=O) groups excluding carboxylic acids is 1. The van der Waals surface area contributed by atoms with E-state index in [-0.39, 0.29) is 24.4 Å². The predicted molar refractivity (Wildman–Crippen MR) is 96.4 cm³/mol. The SMILES string of the molecule is CC(C)C[C@H]1CN(Cc2ccc(F)c(C(F)(F)F)c2)[C@@H](CC(C)C)C(=O)N1. The van der Waals surface area contributed by atoms with E-state index in [1.165, 1.54) is 6.07 Å². The first-order chi connectivity index (χ1) is 12.5. The normalized spacial score (nSPS) is 21.8. The van der Waals surface area contributed by atoms with Gasteiger partial charge in [0.1, 0.15) is 5.82 Å². The molecule has 1 aliphatic rings. The summed E-state index contributed by atoms with van der Waals surface area (Å²) in [5.74, 6) is -0.705. The van der Waals surface area contributed by atoms with E-state index in [4.69, 9.17) is 0 Å². The number of nitrogens with zero attached hydrogens (tertiary/aromatic N) is 1. The van der Waals surface area contributed by atoms with Crippen molar-refractivity contribution in [3.63, 3.8) is 0 Å². The third kappa shape index (κ3) is 5.92. The van der Waals surface area contributed by atoms with Crippen molar-refractivity contribution in [3.05, 3.63) is 35.1 Å². The van der Waals surface area contributed by atoms with Crippen molar-refractivity contribution in [1.82, 2.24) is 10.2 Å². The van der Waals surface area contributed by atoms with E-state index in [9.17, 15) is 22.4 Å². The molecule has 0 bridgehead atoms. The molecule has 0 spiro atoms. The summed E-state index contributed by atoms with van der Waals surface area (Å²) in [4.78, 5) is 14.5. The molecular weight excluding hydrogens is 360 g/mol. The average Bonchev–Trinajstić information content (AvgIpc) is 2.50. The van der Waals surface area contributed by atoms with Crippen LogP contribution < -0.4 is 5.32 Å². The van der Waals surface area contributed by atoms with E-state index in [0.29, 0.717) is 24.4 Å². The Kier molecular flexibility index (Phi) is 6.89. The zero-order chi connectivity index (χ0) is 20.4. The Hall–Kier alpha value is -1.63. The highest BCUT2D eigenvalue weighted by atomic mass is 19.4. The van der Waals surface area contributed by atoms with Crippen LogP contribution in [-0.2, 0) is 17.5 Å². The van der Waals surface area contributed by atoms with Gasteiger partial charge in [-0.3, -0.25) is 9.69 Å². The van der Waals surface area contributed by atoms with Crippen LogP contribution >= 0.6 is 0 Å². The number of halogens is 4. The molecular formula is C20H28F4N2O. The fraction of sp³-hybridized carbons (Fsp3) is 0.650. The largest absolute Gasteiger partial charge is 0.419 e. The lowest BCUT2D eigenvalue weighted by atomic mass is 9.94. The van der Waals surface area contributed by atoms with Gasteiger partial charge in [0.15, 0.2) is 0 Å². The second-order valence-corrected chi connectivity index (χ2v) is 8.22. The average molecular weight is 388 g/mol. The third-order valence-corrected chi connectivity index (χ3v) is 4.72. The number of hydrogen-bond acceptors (Lipinski definition) is 2. The van der Waals surface area contributed by atoms with Gasteiger partial charge in [-0.05, 0) is 42.4 Å². The minimum Gasteiger partial charge on any atom is -0.351 e. The smallest absolute Gasteiger partial charge is 0.351 e. The Labute approximate surface area is 158 Å². The summed E-state index contributed by atoms with van der Waals surface area (Å²) in [6.45, 7) is 8.89. The molecule has 1 fully saturated rings. The van der Waals surface area contributed by atoms with Crippen molar-refractivity contribution >= 4 is 5.91 Å². The van der Waals surface area contributed by atoms with Crippen molar-refractivity contribution < 1.29 is 22.4 Å². The Morgan fingerprint density at radius 2 is 1.78 bits per heavy atom. The van der Waals surface area contributed by atoms with E-state index in [1.807, 2.05) is 18.7 Å². The van der Waals surface area contributed by atoms with Crippen LogP contribution in [0.2, 0.25) is 0 Å². The first-order valence-corrected chi connectivity index (χ1v) is 9.37. The summed E-state index contributed by atoms with van der Waals surface area (Å²) < 4.78 is 52.6. The number of alkyl halides is 3. The van der Waals surface area contributed by atoms with Crippen LogP contribution in [0.5, 0.6) is 0 Å². The molecule has 2 rings (SSSR count). The fourth-order valence-electron chi connectivity index (χ4n) is 3.62. The molecule has 0 aromatic heterocycles. The molecule has 0 unspecified atom stereocenters. The summed E-state index contributed by atoms with van der Waals surface area (Å²) in [5, 5.41) is 3.04. The predicted octanol–water partition coefficient (Wildman–Crippen LogP) is 4.61. The van der Waals surface area contributed by atoms with E-state index in [0.717, 1.165) is 18.6 Å². The first kappa shape index (κ1) is 21.7. The quantitative estimate of drug-likeness (QED) is 0.722. The zero-order valence-electron chi connectivity index (χ0n) is 16.2. The minimum absolute atomic E-state index is 0.0385. The minimum atomic E-state index is -4.74. The first-order valence-electron chi connectivity index (χ1n) is 9.37. The Bertz CT molecular complexity index is 658. The van der Waals surface area contributed by atoms with Crippen molar-refractivity contribution in [2.24, 2.45) is 11.8 Å². The highest BCUT2D eigenvalue weighted by Crippen LogP contribution is 2.32. The maximum absolute atomic E-state index is 13.6. The van der Waals surface area contributed by atoms with Crippen LogP contribution in [0.25, 0.3) is 0 Å². The molecule has 152 valence electrons.